The fourth-order valence-electron chi connectivity index (χ4n) is 4.69. The van der Waals surface area contributed by atoms with Gasteiger partial charge in [-0.05, 0) is 64.6 Å². The molecule has 2 aliphatic rings. The average molecular weight is 387 g/mol. The Hall–Kier alpha value is -1.91. The third kappa shape index (κ3) is 4.73. The van der Waals surface area contributed by atoms with Gasteiger partial charge in [-0.15, -0.1) is 0 Å². The van der Waals surface area contributed by atoms with Gasteiger partial charge in [0.05, 0.1) is 18.8 Å². The Kier molecular flexibility index (Phi) is 6.41. The number of nitrogens with one attached hydrogen (secondary N) is 1. The van der Waals surface area contributed by atoms with Gasteiger partial charge in [-0.25, -0.2) is 0 Å². The zero-order valence-corrected chi connectivity index (χ0v) is 17.7. The SMILES string of the molecule is CCN1CCC[C@@H](CN(C)CC(=O)N[C@](C)(C#N)C2CC2)[C@@H]1c1cnn(C)c1. The maximum atomic E-state index is 12.5. The predicted octanol–water partition coefficient (Wildman–Crippen LogP) is 1.93. The van der Waals surface area contributed by atoms with E-state index in [9.17, 15) is 10.1 Å². The third-order valence-electron chi connectivity index (χ3n) is 6.32. The Morgan fingerprint density at radius 3 is 2.79 bits per heavy atom. The number of hydrogen-bond donors (Lipinski definition) is 1. The summed E-state index contributed by atoms with van der Waals surface area (Å²) in [6, 6.07) is 2.65. The van der Waals surface area contributed by atoms with Crippen molar-refractivity contribution < 1.29 is 4.79 Å². The number of aromatic nitrogens is 2. The Morgan fingerprint density at radius 2 is 2.21 bits per heavy atom. The molecule has 0 bridgehead atoms. The largest absolute Gasteiger partial charge is 0.337 e. The van der Waals surface area contributed by atoms with Gasteiger partial charge in [0.1, 0.15) is 5.54 Å². The zero-order valence-electron chi connectivity index (χ0n) is 17.7. The maximum Gasteiger partial charge on any atom is 0.235 e. The lowest BCUT2D eigenvalue weighted by Gasteiger charge is -2.42. The quantitative estimate of drug-likeness (QED) is 0.739. The molecule has 2 fully saturated rings. The van der Waals surface area contributed by atoms with Crippen molar-refractivity contribution in [2.75, 3.05) is 33.2 Å². The molecule has 1 aliphatic carbocycles. The van der Waals surface area contributed by atoms with Crippen LogP contribution in [-0.2, 0) is 11.8 Å². The summed E-state index contributed by atoms with van der Waals surface area (Å²) in [5, 5.41) is 16.8. The van der Waals surface area contributed by atoms with Crippen LogP contribution in [0.3, 0.4) is 0 Å². The van der Waals surface area contributed by atoms with Crippen LogP contribution in [0.4, 0.5) is 0 Å². The maximum absolute atomic E-state index is 12.5. The normalized spacial score (nSPS) is 25.3. The fraction of sp³-hybridized carbons (Fsp3) is 0.762. The smallest absolute Gasteiger partial charge is 0.235 e. The minimum Gasteiger partial charge on any atom is -0.337 e. The minimum absolute atomic E-state index is 0.0560. The third-order valence-corrected chi connectivity index (χ3v) is 6.32. The molecule has 1 saturated heterocycles. The van der Waals surface area contributed by atoms with Crippen LogP contribution in [0.2, 0.25) is 0 Å². The summed E-state index contributed by atoms with van der Waals surface area (Å²) in [6.07, 6.45) is 8.49. The molecule has 0 aromatic carbocycles. The molecule has 1 saturated carbocycles. The number of piperidine rings is 1. The first-order chi connectivity index (χ1) is 13.4. The Labute approximate surface area is 168 Å². The molecular weight excluding hydrogens is 352 g/mol. The van der Waals surface area contributed by atoms with Crippen molar-refractivity contribution in [1.82, 2.24) is 24.9 Å². The summed E-state index contributed by atoms with van der Waals surface area (Å²) < 4.78 is 1.87. The van der Waals surface area contributed by atoms with Gasteiger partial charge in [0.2, 0.25) is 5.91 Å². The first-order valence-electron chi connectivity index (χ1n) is 10.5. The molecule has 3 rings (SSSR count). The molecule has 2 heterocycles. The van der Waals surface area contributed by atoms with Crippen LogP contribution in [0.1, 0.15) is 51.1 Å². The van der Waals surface area contributed by atoms with Crippen LogP contribution in [0.15, 0.2) is 12.4 Å². The molecule has 154 valence electrons. The van der Waals surface area contributed by atoms with Crippen molar-refractivity contribution in [3.8, 4) is 6.07 Å². The van der Waals surface area contributed by atoms with E-state index in [0.29, 0.717) is 24.4 Å². The van der Waals surface area contributed by atoms with Crippen LogP contribution in [-0.4, -0.2) is 64.3 Å². The van der Waals surface area contributed by atoms with Crippen LogP contribution < -0.4 is 5.32 Å². The van der Waals surface area contributed by atoms with E-state index < -0.39 is 5.54 Å². The van der Waals surface area contributed by atoms with Crippen LogP contribution in [0, 0.1) is 23.2 Å². The molecule has 28 heavy (non-hydrogen) atoms. The highest BCUT2D eigenvalue weighted by Crippen LogP contribution is 2.39. The van der Waals surface area contributed by atoms with Crippen molar-refractivity contribution in [3.05, 3.63) is 18.0 Å². The molecule has 0 spiro atoms. The first kappa shape index (κ1) is 20.8. The van der Waals surface area contributed by atoms with E-state index in [0.717, 1.165) is 38.9 Å². The lowest BCUT2D eigenvalue weighted by Crippen LogP contribution is -2.50. The molecule has 7 heteroatoms. The van der Waals surface area contributed by atoms with Gasteiger partial charge < -0.3 is 5.32 Å². The number of rotatable bonds is 8. The number of aryl methyl sites for hydroxylation is 1. The lowest BCUT2D eigenvalue weighted by molar-refractivity contribution is -0.123. The van der Waals surface area contributed by atoms with Gasteiger partial charge in [-0.3, -0.25) is 19.3 Å². The van der Waals surface area contributed by atoms with Gasteiger partial charge in [0.15, 0.2) is 0 Å². The Morgan fingerprint density at radius 1 is 1.46 bits per heavy atom. The second-order valence-electron chi connectivity index (χ2n) is 8.76. The number of carbonyl (C=O) groups excluding carboxylic acids is 1. The zero-order chi connectivity index (χ0) is 20.3. The first-order valence-corrected chi connectivity index (χ1v) is 10.5. The van der Waals surface area contributed by atoms with Crippen LogP contribution >= 0.6 is 0 Å². The summed E-state index contributed by atoms with van der Waals surface area (Å²) in [5.74, 6) is 0.708. The molecule has 1 aliphatic heterocycles. The van der Waals surface area contributed by atoms with Gasteiger partial charge in [0.25, 0.3) is 0 Å². The van der Waals surface area contributed by atoms with E-state index in [2.05, 4.69) is 39.4 Å². The van der Waals surface area contributed by atoms with E-state index in [-0.39, 0.29) is 5.91 Å². The highest BCUT2D eigenvalue weighted by atomic mass is 16.2. The van der Waals surface area contributed by atoms with E-state index in [1.54, 1.807) is 0 Å². The molecule has 7 nitrogen and oxygen atoms in total. The molecule has 0 unspecified atom stereocenters. The Balaban J connectivity index is 1.61. The van der Waals surface area contributed by atoms with Crippen LogP contribution in [0.5, 0.6) is 0 Å². The van der Waals surface area contributed by atoms with E-state index >= 15 is 0 Å². The number of likely N-dealkylation sites (tertiary alicyclic amines) is 1. The fourth-order valence-corrected chi connectivity index (χ4v) is 4.69. The molecule has 1 aromatic rings. The summed E-state index contributed by atoms with van der Waals surface area (Å²) in [4.78, 5) is 17.2. The van der Waals surface area contributed by atoms with E-state index in [4.69, 9.17) is 0 Å². The number of carbonyl (C=O) groups is 1. The topological polar surface area (TPSA) is 77.2 Å². The molecule has 1 aromatic heterocycles. The molecule has 3 atom stereocenters. The summed E-state index contributed by atoms with van der Waals surface area (Å²) in [6.45, 7) is 7.37. The molecular formula is C21H34N6O. The second-order valence-corrected chi connectivity index (χ2v) is 8.76. The van der Waals surface area contributed by atoms with E-state index in [1.807, 2.05) is 31.9 Å². The highest BCUT2D eigenvalue weighted by Gasteiger charge is 2.43. The van der Waals surface area contributed by atoms with Crippen molar-refractivity contribution in [3.63, 3.8) is 0 Å². The van der Waals surface area contributed by atoms with Crippen molar-refractivity contribution in [2.45, 2.75) is 51.1 Å². The van der Waals surface area contributed by atoms with Crippen molar-refractivity contribution >= 4 is 5.91 Å². The minimum atomic E-state index is -0.722. The van der Waals surface area contributed by atoms with Gasteiger partial charge >= 0.3 is 0 Å². The summed E-state index contributed by atoms with van der Waals surface area (Å²) >= 11 is 0. The number of likely N-dealkylation sites (N-methyl/N-ethyl adjacent to an activating group) is 1. The average Bonchev–Trinajstić information content (AvgIpc) is 3.43. The van der Waals surface area contributed by atoms with Crippen LogP contribution in [0.25, 0.3) is 0 Å². The lowest BCUT2D eigenvalue weighted by atomic mass is 9.85. The van der Waals surface area contributed by atoms with Crippen molar-refractivity contribution in [1.29, 1.82) is 5.26 Å². The number of amides is 1. The standard InChI is InChI=1S/C21H34N6O/c1-5-27-10-6-7-16(20(27)17-11-23-26(4)13-17)12-25(3)14-19(28)24-21(2,15-22)18-8-9-18/h11,13,16,18,20H,5-10,12,14H2,1-4H3,(H,24,28)/t16-,20+,21+/m0/s1. The second kappa shape index (κ2) is 8.62. The molecule has 1 N–H and O–H groups in total. The predicted molar refractivity (Wildman–Crippen MR) is 108 cm³/mol. The number of hydrogen-bond acceptors (Lipinski definition) is 5. The van der Waals surface area contributed by atoms with Gasteiger partial charge in [-0.2, -0.15) is 10.4 Å². The molecule has 0 radical (unpaired) electrons. The van der Waals surface area contributed by atoms with Gasteiger partial charge in [-0.1, -0.05) is 6.92 Å². The molecule has 1 amide bonds. The Bertz CT molecular complexity index is 721. The summed E-state index contributed by atoms with van der Waals surface area (Å²) in [5.41, 5.74) is 0.540. The van der Waals surface area contributed by atoms with E-state index in [1.165, 1.54) is 12.0 Å². The number of nitriles is 1. The monoisotopic (exact) mass is 386 g/mol. The highest BCUT2D eigenvalue weighted by molar-refractivity contribution is 5.79. The summed E-state index contributed by atoms with van der Waals surface area (Å²) in [7, 11) is 3.96. The van der Waals surface area contributed by atoms with Gasteiger partial charge in [0, 0.05) is 31.4 Å². The van der Waals surface area contributed by atoms with Crippen molar-refractivity contribution in [2.24, 2.45) is 18.9 Å². The number of nitrogens with zero attached hydrogens (tertiary/aromatic N) is 5.